The smallest absolute Gasteiger partial charge is 0.157 e. The molecule has 0 unspecified atom stereocenters. The Morgan fingerprint density at radius 2 is 2.12 bits per heavy atom. The van der Waals surface area contributed by atoms with E-state index in [0.717, 1.165) is 36.9 Å². The van der Waals surface area contributed by atoms with Gasteiger partial charge in [0.25, 0.3) is 0 Å². The molecule has 1 heterocycles. The van der Waals surface area contributed by atoms with E-state index in [4.69, 9.17) is 9.47 Å². The topological polar surface area (TPSA) is 42.9 Å². The van der Waals surface area contributed by atoms with Crippen LogP contribution in [0.15, 0.2) is 4.99 Å². The summed E-state index contributed by atoms with van der Waals surface area (Å²) >= 11 is 1.82. The highest BCUT2D eigenvalue weighted by Crippen LogP contribution is 2.21. The molecule has 1 aliphatic rings. The molecular formula is C12H24N2O2S. The monoisotopic (exact) mass is 260 g/mol. The fourth-order valence-corrected chi connectivity index (χ4v) is 2.54. The third kappa shape index (κ3) is 6.91. The Morgan fingerprint density at radius 3 is 2.76 bits per heavy atom. The van der Waals surface area contributed by atoms with Crippen LogP contribution in [-0.2, 0) is 9.47 Å². The van der Waals surface area contributed by atoms with Gasteiger partial charge in [0.15, 0.2) is 5.17 Å². The number of nitrogens with one attached hydrogen (secondary N) is 1. The quantitative estimate of drug-likeness (QED) is 0.677. The summed E-state index contributed by atoms with van der Waals surface area (Å²) in [6.45, 7) is 7.46. The standard InChI is InChI=1S/C12H24N2O2S/c1-12(2)10-17-11(14-12)13-6-4-5-7-16-9-8-15-3/h4-10H2,1-3H3,(H,13,14). The zero-order chi connectivity index (χ0) is 12.6. The van der Waals surface area contributed by atoms with Gasteiger partial charge in [0.1, 0.15) is 0 Å². The normalized spacial score (nSPS) is 20.8. The Balaban J connectivity index is 1.95. The number of hydrogen-bond donors (Lipinski definition) is 1. The number of methoxy groups -OCH3 is 1. The molecule has 1 saturated heterocycles. The van der Waals surface area contributed by atoms with Gasteiger partial charge in [-0.3, -0.25) is 4.99 Å². The summed E-state index contributed by atoms with van der Waals surface area (Å²) in [5, 5.41) is 4.51. The number of thioether (sulfide) groups is 1. The van der Waals surface area contributed by atoms with E-state index in [9.17, 15) is 0 Å². The largest absolute Gasteiger partial charge is 0.382 e. The first-order chi connectivity index (χ1) is 8.14. The SMILES string of the molecule is COCCOCCCCN=C1NC(C)(C)CS1. The van der Waals surface area contributed by atoms with Crippen molar-refractivity contribution in [2.75, 3.05) is 39.2 Å². The van der Waals surface area contributed by atoms with E-state index in [0.29, 0.717) is 13.2 Å². The fourth-order valence-electron chi connectivity index (χ4n) is 1.44. The van der Waals surface area contributed by atoms with E-state index in [1.54, 1.807) is 7.11 Å². The predicted molar refractivity (Wildman–Crippen MR) is 73.9 cm³/mol. The van der Waals surface area contributed by atoms with Crippen LogP contribution in [0, 0.1) is 0 Å². The molecule has 5 heteroatoms. The summed E-state index contributed by atoms with van der Waals surface area (Å²) in [6, 6.07) is 0. The molecular weight excluding hydrogens is 236 g/mol. The van der Waals surface area contributed by atoms with Crippen molar-refractivity contribution in [3.63, 3.8) is 0 Å². The van der Waals surface area contributed by atoms with Gasteiger partial charge in [0, 0.05) is 31.6 Å². The van der Waals surface area contributed by atoms with Crippen molar-refractivity contribution in [2.24, 2.45) is 4.99 Å². The molecule has 0 aromatic carbocycles. The van der Waals surface area contributed by atoms with E-state index in [1.807, 2.05) is 11.8 Å². The Labute approximate surface area is 109 Å². The van der Waals surface area contributed by atoms with E-state index in [2.05, 4.69) is 24.2 Å². The van der Waals surface area contributed by atoms with Crippen LogP contribution < -0.4 is 5.32 Å². The molecule has 0 aliphatic carbocycles. The molecule has 17 heavy (non-hydrogen) atoms. The van der Waals surface area contributed by atoms with Gasteiger partial charge in [0.05, 0.1) is 13.2 Å². The average molecular weight is 260 g/mol. The highest BCUT2D eigenvalue weighted by molar-refractivity contribution is 8.14. The first kappa shape index (κ1) is 14.8. The van der Waals surface area contributed by atoms with Gasteiger partial charge in [0.2, 0.25) is 0 Å². The lowest BCUT2D eigenvalue weighted by Crippen LogP contribution is -2.36. The second-order valence-corrected chi connectivity index (χ2v) is 5.76. The van der Waals surface area contributed by atoms with Crippen LogP contribution >= 0.6 is 11.8 Å². The van der Waals surface area contributed by atoms with Gasteiger partial charge < -0.3 is 14.8 Å². The van der Waals surface area contributed by atoms with Crippen molar-refractivity contribution >= 4 is 16.9 Å². The van der Waals surface area contributed by atoms with Crippen molar-refractivity contribution in [3.8, 4) is 0 Å². The number of hydrogen-bond acceptors (Lipinski definition) is 4. The molecule has 100 valence electrons. The summed E-state index contributed by atoms with van der Waals surface area (Å²) in [5.74, 6) is 1.10. The molecule has 0 radical (unpaired) electrons. The van der Waals surface area contributed by atoms with Gasteiger partial charge in [-0.1, -0.05) is 11.8 Å². The lowest BCUT2D eigenvalue weighted by Gasteiger charge is -2.15. The Morgan fingerprint density at radius 1 is 1.29 bits per heavy atom. The van der Waals surface area contributed by atoms with Crippen LogP contribution in [0.4, 0.5) is 0 Å². The summed E-state index contributed by atoms with van der Waals surface area (Å²) in [4.78, 5) is 4.54. The number of ether oxygens (including phenoxy) is 2. The summed E-state index contributed by atoms with van der Waals surface area (Å²) in [6.07, 6.45) is 2.15. The molecule has 1 aliphatic heterocycles. The Bertz CT molecular complexity index is 245. The Kier molecular flexibility index (Phi) is 6.92. The van der Waals surface area contributed by atoms with Crippen LogP contribution in [0.1, 0.15) is 26.7 Å². The molecule has 0 spiro atoms. The maximum atomic E-state index is 5.38. The van der Waals surface area contributed by atoms with E-state index in [-0.39, 0.29) is 5.54 Å². The maximum absolute atomic E-state index is 5.38. The molecule has 1 rings (SSSR count). The lowest BCUT2D eigenvalue weighted by molar-refractivity contribution is 0.0690. The second-order valence-electron chi connectivity index (χ2n) is 4.80. The lowest BCUT2D eigenvalue weighted by atomic mass is 10.1. The molecule has 0 atom stereocenters. The summed E-state index contributed by atoms with van der Waals surface area (Å²) in [7, 11) is 1.69. The number of amidine groups is 1. The first-order valence-electron chi connectivity index (χ1n) is 6.16. The minimum atomic E-state index is 0.201. The van der Waals surface area contributed by atoms with Crippen molar-refractivity contribution in [1.29, 1.82) is 0 Å². The minimum absolute atomic E-state index is 0.201. The van der Waals surface area contributed by atoms with Gasteiger partial charge in [-0.25, -0.2) is 0 Å². The maximum Gasteiger partial charge on any atom is 0.157 e. The van der Waals surface area contributed by atoms with Crippen LogP contribution in [0.25, 0.3) is 0 Å². The van der Waals surface area contributed by atoms with Gasteiger partial charge >= 0.3 is 0 Å². The van der Waals surface area contributed by atoms with Crippen LogP contribution in [-0.4, -0.2) is 49.9 Å². The highest BCUT2D eigenvalue weighted by Gasteiger charge is 2.26. The summed E-state index contributed by atoms with van der Waals surface area (Å²) in [5.41, 5.74) is 0.201. The Hall–Kier alpha value is -0.260. The van der Waals surface area contributed by atoms with E-state index >= 15 is 0 Å². The fraction of sp³-hybridized carbons (Fsp3) is 0.917. The predicted octanol–water partition coefficient (Wildman–Crippen LogP) is 1.90. The molecule has 0 amide bonds. The third-order valence-electron chi connectivity index (χ3n) is 2.40. The molecule has 0 aromatic heterocycles. The zero-order valence-electron chi connectivity index (χ0n) is 11.1. The molecule has 1 fully saturated rings. The second kappa shape index (κ2) is 7.95. The summed E-state index contributed by atoms with van der Waals surface area (Å²) < 4.78 is 10.3. The van der Waals surface area contributed by atoms with E-state index in [1.165, 1.54) is 0 Å². The van der Waals surface area contributed by atoms with Gasteiger partial charge in [-0.2, -0.15) is 0 Å². The first-order valence-corrected chi connectivity index (χ1v) is 7.15. The van der Waals surface area contributed by atoms with Crippen molar-refractivity contribution in [1.82, 2.24) is 5.32 Å². The molecule has 4 nitrogen and oxygen atoms in total. The number of unbranched alkanes of at least 4 members (excludes halogenated alkanes) is 1. The number of aliphatic imine (C=N–C) groups is 1. The molecule has 0 aromatic rings. The van der Waals surface area contributed by atoms with Crippen LogP contribution in [0.2, 0.25) is 0 Å². The third-order valence-corrected chi connectivity index (χ3v) is 3.77. The van der Waals surface area contributed by atoms with E-state index < -0.39 is 0 Å². The molecule has 0 saturated carbocycles. The van der Waals surface area contributed by atoms with Gasteiger partial charge in [-0.15, -0.1) is 0 Å². The minimum Gasteiger partial charge on any atom is -0.382 e. The molecule has 1 N–H and O–H groups in total. The number of rotatable bonds is 8. The number of nitrogens with zero attached hydrogens (tertiary/aromatic N) is 1. The van der Waals surface area contributed by atoms with Crippen LogP contribution in [0.5, 0.6) is 0 Å². The zero-order valence-corrected chi connectivity index (χ0v) is 11.9. The van der Waals surface area contributed by atoms with Crippen molar-refractivity contribution in [2.45, 2.75) is 32.2 Å². The van der Waals surface area contributed by atoms with Gasteiger partial charge in [-0.05, 0) is 26.7 Å². The highest BCUT2D eigenvalue weighted by atomic mass is 32.2. The van der Waals surface area contributed by atoms with Crippen molar-refractivity contribution < 1.29 is 9.47 Å². The van der Waals surface area contributed by atoms with Crippen LogP contribution in [0.3, 0.4) is 0 Å². The molecule has 0 bridgehead atoms. The van der Waals surface area contributed by atoms with Crippen molar-refractivity contribution in [3.05, 3.63) is 0 Å². The average Bonchev–Trinajstić information content (AvgIpc) is 2.62.